The van der Waals surface area contributed by atoms with Crippen LogP contribution in [0.2, 0.25) is 0 Å². The Morgan fingerprint density at radius 3 is 2.64 bits per heavy atom. The van der Waals surface area contributed by atoms with Crippen LogP contribution in [0.3, 0.4) is 0 Å². The minimum atomic E-state index is -1.61. The molecule has 1 saturated carbocycles. The monoisotopic (exact) mass is 274 g/mol. The Balaban J connectivity index is 2.11. The first-order chi connectivity index (χ1) is 6.77. The molecule has 0 aromatic rings. The molecule has 0 spiro atoms. The summed E-state index contributed by atoms with van der Waals surface area (Å²) in [5.41, 5.74) is -0.206. The standard InChI is InChI=1S/C11H16AsClO/c1-2-11(8-9-12(13)14-11)10-6-4-3-5-7-10/h2,8-10H,1,3-7H2. The van der Waals surface area contributed by atoms with E-state index in [4.69, 9.17) is 13.7 Å². The van der Waals surface area contributed by atoms with Crippen LogP contribution in [0.15, 0.2) is 23.6 Å². The number of hydrogen-bond donors (Lipinski definition) is 0. The van der Waals surface area contributed by atoms with E-state index in [9.17, 15) is 0 Å². The van der Waals surface area contributed by atoms with Gasteiger partial charge in [-0.1, -0.05) is 0 Å². The number of halogens is 1. The van der Waals surface area contributed by atoms with Crippen molar-refractivity contribution >= 4 is 24.0 Å². The minimum absolute atomic E-state index is 0.206. The molecular weight excluding hydrogens is 258 g/mol. The summed E-state index contributed by atoms with van der Waals surface area (Å²) in [4.78, 5) is 2.07. The molecule has 0 amide bonds. The molecule has 0 N–H and O–H groups in total. The molecule has 2 rings (SSSR count). The van der Waals surface area contributed by atoms with Gasteiger partial charge in [0.2, 0.25) is 0 Å². The van der Waals surface area contributed by atoms with Gasteiger partial charge in [-0.25, -0.2) is 0 Å². The van der Waals surface area contributed by atoms with Gasteiger partial charge in [-0.15, -0.1) is 0 Å². The molecule has 1 aliphatic heterocycles. The summed E-state index contributed by atoms with van der Waals surface area (Å²) in [5, 5.41) is 0. The molecule has 0 bridgehead atoms. The van der Waals surface area contributed by atoms with E-state index in [1.807, 2.05) is 6.08 Å². The van der Waals surface area contributed by atoms with Crippen LogP contribution in [0, 0.1) is 5.92 Å². The Bertz CT molecular complexity index is 248. The second-order valence-electron chi connectivity index (χ2n) is 4.07. The molecule has 0 saturated heterocycles. The van der Waals surface area contributed by atoms with Crippen LogP contribution >= 0.6 is 9.95 Å². The van der Waals surface area contributed by atoms with Crippen molar-refractivity contribution in [3.05, 3.63) is 23.6 Å². The first-order valence-corrected chi connectivity index (χ1v) is 9.55. The molecule has 1 nitrogen and oxygen atoms in total. The van der Waals surface area contributed by atoms with Gasteiger partial charge >= 0.3 is 94.9 Å². The van der Waals surface area contributed by atoms with E-state index in [-0.39, 0.29) is 5.60 Å². The quantitative estimate of drug-likeness (QED) is 0.554. The molecule has 0 radical (unpaired) electrons. The first-order valence-electron chi connectivity index (χ1n) is 5.24. The SMILES string of the molecule is C=CC1(C2CCCCC2)C=C[As](Cl)O1. The summed E-state index contributed by atoms with van der Waals surface area (Å²) in [6.45, 7) is 3.91. The molecule has 1 aliphatic carbocycles. The third-order valence-electron chi connectivity index (χ3n) is 3.26. The maximum absolute atomic E-state index is 6.08. The zero-order valence-electron chi connectivity index (χ0n) is 8.29. The van der Waals surface area contributed by atoms with E-state index in [0.717, 1.165) is 0 Å². The zero-order chi connectivity index (χ0) is 10.0. The van der Waals surface area contributed by atoms with Crippen LogP contribution in [-0.2, 0) is 3.73 Å². The Labute approximate surface area is 94.9 Å². The zero-order valence-corrected chi connectivity index (χ0v) is 10.9. The summed E-state index contributed by atoms with van der Waals surface area (Å²) in [7, 11) is 6.08. The van der Waals surface area contributed by atoms with E-state index in [0.29, 0.717) is 5.92 Å². The fourth-order valence-electron chi connectivity index (χ4n) is 2.42. The third-order valence-corrected chi connectivity index (χ3v) is 6.04. The van der Waals surface area contributed by atoms with E-state index in [1.165, 1.54) is 32.1 Å². The van der Waals surface area contributed by atoms with Gasteiger partial charge in [0.15, 0.2) is 0 Å². The maximum atomic E-state index is 6.08. The summed E-state index contributed by atoms with van der Waals surface area (Å²) >= 11 is -1.61. The number of hydrogen-bond acceptors (Lipinski definition) is 1. The molecule has 2 aliphatic rings. The number of rotatable bonds is 2. The van der Waals surface area contributed by atoms with E-state index in [2.05, 4.69) is 17.5 Å². The average Bonchev–Trinajstić information content (AvgIpc) is 2.63. The van der Waals surface area contributed by atoms with Crippen molar-refractivity contribution < 1.29 is 3.73 Å². The van der Waals surface area contributed by atoms with Gasteiger partial charge < -0.3 is 0 Å². The van der Waals surface area contributed by atoms with Crippen LogP contribution < -0.4 is 0 Å². The van der Waals surface area contributed by atoms with Crippen molar-refractivity contribution in [3.8, 4) is 0 Å². The van der Waals surface area contributed by atoms with Crippen molar-refractivity contribution in [1.29, 1.82) is 0 Å². The average molecular weight is 275 g/mol. The van der Waals surface area contributed by atoms with Crippen LogP contribution in [0.1, 0.15) is 32.1 Å². The van der Waals surface area contributed by atoms with Gasteiger partial charge in [-0.3, -0.25) is 0 Å². The molecule has 78 valence electrons. The van der Waals surface area contributed by atoms with Crippen molar-refractivity contribution in [2.75, 3.05) is 0 Å². The van der Waals surface area contributed by atoms with Crippen LogP contribution in [-0.4, -0.2) is 19.7 Å². The molecular formula is C11H16AsClO. The third kappa shape index (κ3) is 1.96. The second-order valence-corrected chi connectivity index (χ2v) is 7.95. The van der Waals surface area contributed by atoms with E-state index < -0.39 is 14.1 Å². The summed E-state index contributed by atoms with van der Waals surface area (Å²) in [5.74, 6) is 0.614. The molecule has 1 heterocycles. The Morgan fingerprint density at radius 1 is 1.43 bits per heavy atom. The Hall–Kier alpha value is 0.288. The van der Waals surface area contributed by atoms with Crippen molar-refractivity contribution in [2.24, 2.45) is 5.92 Å². The normalized spacial score (nSPS) is 38.8. The van der Waals surface area contributed by atoms with Gasteiger partial charge in [0.05, 0.1) is 0 Å². The molecule has 2 atom stereocenters. The predicted octanol–water partition coefficient (Wildman–Crippen LogP) is 3.34. The Morgan fingerprint density at radius 2 is 2.14 bits per heavy atom. The summed E-state index contributed by atoms with van der Waals surface area (Å²) in [6, 6.07) is 0. The summed E-state index contributed by atoms with van der Waals surface area (Å²) < 4.78 is 5.92. The van der Waals surface area contributed by atoms with Gasteiger partial charge in [0, 0.05) is 0 Å². The van der Waals surface area contributed by atoms with Crippen LogP contribution in [0.25, 0.3) is 0 Å². The fraction of sp³-hybridized carbons (Fsp3) is 0.636. The van der Waals surface area contributed by atoms with Gasteiger partial charge in [-0.2, -0.15) is 0 Å². The van der Waals surface area contributed by atoms with E-state index in [1.54, 1.807) is 0 Å². The van der Waals surface area contributed by atoms with Gasteiger partial charge in [0.25, 0.3) is 0 Å². The fourth-order valence-corrected chi connectivity index (χ4v) is 5.43. The van der Waals surface area contributed by atoms with Gasteiger partial charge in [-0.05, 0) is 0 Å². The van der Waals surface area contributed by atoms with Crippen LogP contribution in [0.4, 0.5) is 0 Å². The second kappa shape index (κ2) is 4.43. The van der Waals surface area contributed by atoms with Crippen molar-refractivity contribution in [2.45, 2.75) is 37.7 Å². The molecule has 1 fully saturated rings. The molecule has 3 heteroatoms. The Kier molecular flexibility index (Phi) is 3.41. The first kappa shape index (κ1) is 10.8. The van der Waals surface area contributed by atoms with Crippen LogP contribution in [0.5, 0.6) is 0 Å². The molecule has 0 aromatic carbocycles. The molecule has 14 heavy (non-hydrogen) atoms. The molecule has 2 unspecified atom stereocenters. The topological polar surface area (TPSA) is 9.23 Å². The predicted molar refractivity (Wildman–Crippen MR) is 61.3 cm³/mol. The van der Waals surface area contributed by atoms with E-state index >= 15 is 0 Å². The van der Waals surface area contributed by atoms with Crippen molar-refractivity contribution in [1.82, 2.24) is 0 Å². The summed E-state index contributed by atoms with van der Waals surface area (Å²) in [6.07, 6.45) is 10.7. The molecule has 0 aromatic heterocycles. The van der Waals surface area contributed by atoms with Gasteiger partial charge in [0.1, 0.15) is 0 Å². The van der Waals surface area contributed by atoms with Crippen molar-refractivity contribution in [3.63, 3.8) is 0 Å².